The Balaban J connectivity index is 3.99. The fourth-order valence-electron chi connectivity index (χ4n) is 1.84. The maximum absolute atomic E-state index is 10.6. The maximum Gasteiger partial charge on any atom is 0.500 e. The van der Waals surface area contributed by atoms with E-state index in [1.165, 1.54) is 6.92 Å². The van der Waals surface area contributed by atoms with Crippen LogP contribution in [0.5, 0.6) is 0 Å². The van der Waals surface area contributed by atoms with Crippen molar-refractivity contribution in [2.45, 2.75) is 53.0 Å². The Kier molecular flexibility index (Phi) is 11.1. The lowest BCUT2D eigenvalue weighted by molar-refractivity contribution is -0.141. The van der Waals surface area contributed by atoms with Crippen molar-refractivity contribution in [1.29, 1.82) is 0 Å². The van der Waals surface area contributed by atoms with E-state index < -0.39 is 8.80 Å². The molecule has 0 unspecified atom stereocenters. The molecule has 0 aromatic carbocycles. The molecule has 0 bridgehead atoms. The van der Waals surface area contributed by atoms with Gasteiger partial charge in [0.05, 0.1) is 6.61 Å². The van der Waals surface area contributed by atoms with Crippen molar-refractivity contribution in [3.8, 4) is 0 Å². The number of carbonyl (C=O) groups excluding carboxylic acids is 1. The van der Waals surface area contributed by atoms with E-state index in [0.717, 1.165) is 25.3 Å². The highest BCUT2D eigenvalue weighted by atomic mass is 28.4. The van der Waals surface area contributed by atoms with E-state index in [2.05, 4.69) is 0 Å². The van der Waals surface area contributed by atoms with Gasteiger partial charge in [0.2, 0.25) is 0 Å². The Hall–Kier alpha value is -0.433. The van der Waals surface area contributed by atoms with Gasteiger partial charge in [-0.2, -0.15) is 0 Å². The monoisotopic (exact) mass is 292 g/mol. The van der Waals surface area contributed by atoms with Crippen LogP contribution < -0.4 is 0 Å². The molecule has 0 aliphatic carbocycles. The molecule has 114 valence electrons. The lowest BCUT2D eigenvalue weighted by atomic mass is 10.3. The van der Waals surface area contributed by atoms with E-state index in [1.54, 1.807) is 0 Å². The minimum Gasteiger partial charge on any atom is -0.466 e. The molecule has 0 aromatic rings. The minimum absolute atomic E-state index is 0.221. The average Bonchev–Trinajstić information content (AvgIpc) is 2.34. The Morgan fingerprint density at radius 2 is 1.42 bits per heavy atom. The SMILES string of the molecule is CCO[Si](CCCCCOC(C)=O)(OCC)OCC. The molecule has 0 fully saturated rings. The van der Waals surface area contributed by atoms with Crippen LogP contribution in [0.15, 0.2) is 0 Å². The fourth-order valence-corrected chi connectivity index (χ4v) is 4.52. The van der Waals surface area contributed by atoms with Crippen LogP contribution in [-0.4, -0.2) is 41.2 Å². The van der Waals surface area contributed by atoms with Gasteiger partial charge in [-0.1, -0.05) is 6.42 Å². The highest BCUT2D eigenvalue weighted by Gasteiger charge is 2.39. The first-order chi connectivity index (χ1) is 9.10. The molecule has 0 amide bonds. The molecule has 0 saturated heterocycles. The number of carbonyl (C=O) groups is 1. The van der Waals surface area contributed by atoms with Gasteiger partial charge in [-0.25, -0.2) is 0 Å². The summed E-state index contributed by atoms with van der Waals surface area (Å²) < 4.78 is 22.2. The van der Waals surface area contributed by atoms with Gasteiger partial charge in [-0.15, -0.1) is 0 Å². The molecule has 5 nitrogen and oxygen atoms in total. The van der Waals surface area contributed by atoms with Crippen LogP contribution in [0.4, 0.5) is 0 Å². The molecule has 0 heterocycles. The van der Waals surface area contributed by atoms with Gasteiger partial charge in [0.1, 0.15) is 0 Å². The number of hydrogen-bond donors (Lipinski definition) is 0. The van der Waals surface area contributed by atoms with E-state index in [-0.39, 0.29) is 5.97 Å². The van der Waals surface area contributed by atoms with Crippen molar-refractivity contribution in [3.63, 3.8) is 0 Å². The molecule has 6 heteroatoms. The third kappa shape index (κ3) is 9.15. The lowest BCUT2D eigenvalue weighted by Crippen LogP contribution is -2.45. The Bertz CT molecular complexity index is 218. The quantitative estimate of drug-likeness (QED) is 0.314. The summed E-state index contributed by atoms with van der Waals surface area (Å²) in [5.41, 5.74) is 0. The van der Waals surface area contributed by atoms with Gasteiger partial charge in [-0.05, 0) is 33.6 Å². The van der Waals surface area contributed by atoms with Crippen molar-refractivity contribution >= 4 is 14.8 Å². The molecule has 0 N–H and O–H groups in total. The van der Waals surface area contributed by atoms with Crippen molar-refractivity contribution in [2.24, 2.45) is 0 Å². The normalized spacial score (nSPS) is 11.6. The molecule has 0 saturated carbocycles. The van der Waals surface area contributed by atoms with E-state index >= 15 is 0 Å². The van der Waals surface area contributed by atoms with Crippen LogP contribution in [0.25, 0.3) is 0 Å². The summed E-state index contributed by atoms with van der Waals surface area (Å²) in [4.78, 5) is 10.6. The molecule has 0 atom stereocenters. The first kappa shape index (κ1) is 18.6. The van der Waals surface area contributed by atoms with E-state index in [4.69, 9.17) is 18.0 Å². The minimum atomic E-state index is -2.49. The summed E-state index contributed by atoms with van der Waals surface area (Å²) in [6.45, 7) is 9.62. The Morgan fingerprint density at radius 1 is 0.895 bits per heavy atom. The summed E-state index contributed by atoms with van der Waals surface area (Å²) >= 11 is 0. The van der Waals surface area contributed by atoms with Crippen LogP contribution in [0.3, 0.4) is 0 Å². The lowest BCUT2D eigenvalue weighted by Gasteiger charge is -2.28. The molecule has 0 aliphatic rings. The molecule has 0 rings (SSSR count). The zero-order valence-electron chi connectivity index (χ0n) is 12.7. The highest BCUT2D eigenvalue weighted by Crippen LogP contribution is 2.19. The predicted octanol–water partition coefficient (Wildman–Crippen LogP) is 2.77. The van der Waals surface area contributed by atoms with Gasteiger partial charge in [-0.3, -0.25) is 4.79 Å². The molecule has 0 spiro atoms. The van der Waals surface area contributed by atoms with Crippen LogP contribution >= 0.6 is 0 Å². The number of hydrogen-bond acceptors (Lipinski definition) is 5. The topological polar surface area (TPSA) is 54.0 Å². The number of rotatable bonds is 12. The van der Waals surface area contributed by atoms with E-state index in [1.807, 2.05) is 20.8 Å². The summed E-state index contributed by atoms with van der Waals surface area (Å²) in [5.74, 6) is -0.221. The molecular weight excluding hydrogens is 264 g/mol. The van der Waals surface area contributed by atoms with Gasteiger partial charge in [0.25, 0.3) is 0 Å². The standard InChI is InChI=1S/C13H28O5Si/c1-5-16-19(17-6-2,18-7-3)12-10-8-9-11-15-13(4)14/h5-12H2,1-4H3. The molecular formula is C13H28O5Si. The largest absolute Gasteiger partial charge is 0.500 e. The average molecular weight is 292 g/mol. The number of ether oxygens (including phenoxy) is 1. The third-order valence-corrected chi connectivity index (χ3v) is 5.68. The zero-order valence-corrected chi connectivity index (χ0v) is 13.7. The summed E-state index contributed by atoms with van der Waals surface area (Å²) in [5, 5.41) is 0. The molecule has 0 aromatic heterocycles. The Labute approximate surface area is 117 Å². The number of unbranched alkanes of at least 4 members (excludes halogenated alkanes) is 2. The third-order valence-electron chi connectivity index (χ3n) is 2.53. The summed E-state index contributed by atoms with van der Waals surface area (Å²) in [6, 6.07) is 0.822. The van der Waals surface area contributed by atoms with Crippen molar-refractivity contribution < 1.29 is 22.8 Å². The Morgan fingerprint density at radius 3 is 1.84 bits per heavy atom. The maximum atomic E-state index is 10.6. The first-order valence-electron chi connectivity index (χ1n) is 7.15. The van der Waals surface area contributed by atoms with Gasteiger partial charge < -0.3 is 18.0 Å². The highest BCUT2D eigenvalue weighted by molar-refractivity contribution is 6.60. The second-order valence-corrected chi connectivity index (χ2v) is 6.86. The second kappa shape index (κ2) is 11.4. The summed E-state index contributed by atoms with van der Waals surface area (Å²) in [6.07, 6.45) is 2.82. The van der Waals surface area contributed by atoms with E-state index in [0.29, 0.717) is 26.4 Å². The first-order valence-corrected chi connectivity index (χ1v) is 9.08. The summed E-state index contributed by atoms with van der Waals surface area (Å²) in [7, 11) is -2.49. The molecule has 0 aliphatic heterocycles. The smallest absolute Gasteiger partial charge is 0.466 e. The zero-order chi connectivity index (χ0) is 14.6. The van der Waals surface area contributed by atoms with Crippen molar-refractivity contribution in [1.82, 2.24) is 0 Å². The van der Waals surface area contributed by atoms with Crippen molar-refractivity contribution in [2.75, 3.05) is 26.4 Å². The van der Waals surface area contributed by atoms with Gasteiger partial charge in [0, 0.05) is 32.8 Å². The molecule has 0 radical (unpaired) electrons. The second-order valence-electron chi connectivity index (χ2n) is 4.13. The predicted molar refractivity (Wildman–Crippen MR) is 75.9 cm³/mol. The van der Waals surface area contributed by atoms with Gasteiger partial charge >= 0.3 is 14.8 Å². The molecule has 19 heavy (non-hydrogen) atoms. The fraction of sp³-hybridized carbons (Fsp3) is 0.923. The van der Waals surface area contributed by atoms with E-state index in [9.17, 15) is 4.79 Å². The van der Waals surface area contributed by atoms with Crippen LogP contribution in [-0.2, 0) is 22.8 Å². The van der Waals surface area contributed by atoms with Crippen LogP contribution in [0.1, 0.15) is 47.0 Å². The number of esters is 1. The van der Waals surface area contributed by atoms with Crippen molar-refractivity contribution in [3.05, 3.63) is 0 Å². The van der Waals surface area contributed by atoms with Crippen LogP contribution in [0.2, 0.25) is 6.04 Å². The van der Waals surface area contributed by atoms with Crippen LogP contribution in [0, 0.1) is 0 Å². The van der Waals surface area contributed by atoms with Gasteiger partial charge in [0.15, 0.2) is 0 Å².